The molecule has 0 bridgehead atoms. The molecule has 7 heteroatoms. The highest BCUT2D eigenvalue weighted by molar-refractivity contribution is 7.16. The van der Waals surface area contributed by atoms with Crippen LogP contribution >= 0.6 is 22.9 Å². The van der Waals surface area contributed by atoms with Crippen LogP contribution in [0, 0.1) is 0 Å². The van der Waals surface area contributed by atoms with E-state index in [9.17, 15) is 14.7 Å². The number of hydrogen-bond acceptors (Lipinski definition) is 4. The second-order valence-electron chi connectivity index (χ2n) is 4.43. The molecular weight excluding hydrogens is 290 g/mol. The van der Waals surface area contributed by atoms with Gasteiger partial charge < -0.3 is 15.2 Å². The second-order valence-corrected chi connectivity index (χ2v) is 6.23. The maximum Gasteiger partial charge on any atom is 0.329 e. The summed E-state index contributed by atoms with van der Waals surface area (Å²) in [5, 5.41) is 12.0. The fourth-order valence-electron chi connectivity index (χ4n) is 2.03. The summed E-state index contributed by atoms with van der Waals surface area (Å²) < 4.78 is 5.76. The fourth-order valence-corrected chi connectivity index (χ4v) is 3.11. The van der Waals surface area contributed by atoms with Gasteiger partial charge in [0.05, 0.1) is 10.8 Å². The Labute approximate surface area is 119 Å². The molecule has 0 saturated carbocycles. The minimum atomic E-state index is -1.20. The summed E-state index contributed by atoms with van der Waals surface area (Å²) in [6.45, 7) is 0.689. The lowest BCUT2D eigenvalue weighted by Crippen LogP contribution is -2.57. The van der Waals surface area contributed by atoms with Gasteiger partial charge in [0.2, 0.25) is 5.91 Å². The first-order valence-electron chi connectivity index (χ1n) is 5.88. The van der Waals surface area contributed by atoms with Crippen molar-refractivity contribution >= 4 is 34.8 Å². The molecule has 0 aromatic carbocycles. The summed E-state index contributed by atoms with van der Waals surface area (Å²) in [6.07, 6.45) is 0.728. The molecule has 1 aliphatic rings. The van der Waals surface area contributed by atoms with Crippen molar-refractivity contribution < 1.29 is 19.4 Å². The summed E-state index contributed by atoms with van der Waals surface area (Å²) >= 11 is 7.11. The quantitative estimate of drug-likeness (QED) is 0.887. The topological polar surface area (TPSA) is 75.6 Å². The van der Waals surface area contributed by atoms with E-state index in [1.165, 1.54) is 11.3 Å². The van der Waals surface area contributed by atoms with Crippen LogP contribution in [-0.4, -0.2) is 35.7 Å². The largest absolute Gasteiger partial charge is 0.480 e. The van der Waals surface area contributed by atoms with Crippen molar-refractivity contribution in [3.63, 3.8) is 0 Å². The predicted molar refractivity (Wildman–Crippen MR) is 71.6 cm³/mol. The molecule has 0 atom stereocenters. The van der Waals surface area contributed by atoms with Crippen LogP contribution in [-0.2, 0) is 20.7 Å². The van der Waals surface area contributed by atoms with Crippen LogP contribution < -0.4 is 5.32 Å². The number of amides is 1. The number of aliphatic carboxylic acids is 1. The third-order valence-corrected chi connectivity index (χ3v) is 4.33. The number of halogens is 1. The van der Waals surface area contributed by atoms with Crippen molar-refractivity contribution in [1.82, 2.24) is 5.32 Å². The number of hydrogen-bond donors (Lipinski definition) is 2. The Balaban J connectivity index is 2.01. The Hall–Kier alpha value is -1.11. The molecule has 1 aliphatic heterocycles. The Morgan fingerprint density at radius 1 is 1.42 bits per heavy atom. The number of thiophene rings is 1. The van der Waals surface area contributed by atoms with Gasteiger partial charge >= 0.3 is 5.97 Å². The van der Waals surface area contributed by atoms with E-state index >= 15 is 0 Å². The lowest BCUT2D eigenvalue weighted by Gasteiger charge is -2.33. The number of nitrogens with one attached hydrogen (secondary N) is 1. The van der Waals surface area contributed by atoms with Gasteiger partial charge in [0.25, 0.3) is 0 Å². The van der Waals surface area contributed by atoms with E-state index in [4.69, 9.17) is 16.3 Å². The maximum atomic E-state index is 11.9. The van der Waals surface area contributed by atoms with E-state index in [1.54, 1.807) is 12.1 Å². The van der Waals surface area contributed by atoms with E-state index in [2.05, 4.69) is 5.32 Å². The number of carbonyl (C=O) groups is 2. The lowest BCUT2D eigenvalue weighted by molar-refractivity contribution is -0.152. The van der Waals surface area contributed by atoms with Crippen LogP contribution in [0.5, 0.6) is 0 Å². The molecule has 2 heterocycles. The molecule has 1 amide bonds. The Morgan fingerprint density at radius 2 is 2.11 bits per heavy atom. The summed E-state index contributed by atoms with van der Waals surface area (Å²) in [4.78, 5) is 24.1. The number of ether oxygens (including phenoxy) is 1. The summed E-state index contributed by atoms with van der Waals surface area (Å²) in [6, 6.07) is 3.49. The SMILES string of the molecule is O=C(Cc1ccc(Cl)s1)NC1(C(=O)O)CCOCC1. The van der Waals surface area contributed by atoms with Crippen molar-refractivity contribution in [2.45, 2.75) is 24.8 Å². The molecule has 0 spiro atoms. The zero-order chi connectivity index (χ0) is 13.9. The Morgan fingerprint density at radius 3 is 2.63 bits per heavy atom. The number of carbonyl (C=O) groups excluding carboxylic acids is 1. The zero-order valence-electron chi connectivity index (χ0n) is 10.1. The molecule has 2 rings (SSSR count). The molecule has 5 nitrogen and oxygen atoms in total. The average molecular weight is 304 g/mol. The standard InChI is InChI=1S/C12H14ClNO4S/c13-9-2-1-8(19-9)7-10(15)14-12(11(16)17)3-5-18-6-4-12/h1-2H,3-7H2,(H,14,15)(H,16,17). The van der Waals surface area contributed by atoms with Crippen LogP contribution in [0.25, 0.3) is 0 Å². The average Bonchev–Trinajstić information content (AvgIpc) is 2.75. The van der Waals surface area contributed by atoms with Gasteiger partial charge in [-0.25, -0.2) is 4.79 Å². The molecule has 0 unspecified atom stereocenters. The number of carboxylic acid groups (broad SMARTS) is 1. The molecule has 104 valence electrons. The molecule has 0 radical (unpaired) electrons. The minimum absolute atomic E-state index is 0.146. The van der Waals surface area contributed by atoms with Gasteiger partial charge in [0.15, 0.2) is 0 Å². The summed E-state index contributed by atoms with van der Waals surface area (Å²) in [5.74, 6) is -1.31. The van der Waals surface area contributed by atoms with E-state index in [1.807, 2.05) is 0 Å². The molecular formula is C12H14ClNO4S. The van der Waals surface area contributed by atoms with E-state index < -0.39 is 11.5 Å². The van der Waals surface area contributed by atoms with Crippen LogP contribution in [0.1, 0.15) is 17.7 Å². The highest BCUT2D eigenvalue weighted by Gasteiger charge is 2.41. The van der Waals surface area contributed by atoms with Crippen LogP contribution in [0.2, 0.25) is 4.34 Å². The van der Waals surface area contributed by atoms with Gasteiger partial charge in [-0.3, -0.25) is 4.79 Å². The van der Waals surface area contributed by atoms with Crippen molar-refractivity contribution in [2.24, 2.45) is 0 Å². The second kappa shape index (κ2) is 5.90. The first-order chi connectivity index (χ1) is 9.02. The number of rotatable bonds is 4. The molecule has 1 aromatic heterocycles. The first-order valence-corrected chi connectivity index (χ1v) is 7.08. The normalized spacial score (nSPS) is 17.9. The molecule has 2 N–H and O–H groups in total. The Bertz CT molecular complexity index is 482. The third-order valence-electron chi connectivity index (χ3n) is 3.10. The summed E-state index contributed by atoms with van der Waals surface area (Å²) in [5.41, 5.74) is -1.20. The molecule has 1 aromatic rings. The highest BCUT2D eigenvalue weighted by Crippen LogP contribution is 2.24. The highest BCUT2D eigenvalue weighted by atomic mass is 35.5. The van der Waals surface area contributed by atoms with Crippen molar-refractivity contribution in [3.8, 4) is 0 Å². The predicted octanol–water partition coefficient (Wildman–Crippen LogP) is 1.69. The maximum absolute atomic E-state index is 11.9. The molecule has 19 heavy (non-hydrogen) atoms. The van der Waals surface area contributed by atoms with Crippen molar-refractivity contribution in [1.29, 1.82) is 0 Å². The van der Waals surface area contributed by atoms with Gasteiger partial charge in [0.1, 0.15) is 5.54 Å². The smallest absolute Gasteiger partial charge is 0.329 e. The zero-order valence-corrected chi connectivity index (χ0v) is 11.7. The van der Waals surface area contributed by atoms with Gasteiger partial charge in [-0.15, -0.1) is 11.3 Å². The van der Waals surface area contributed by atoms with Crippen LogP contribution in [0.4, 0.5) is 0 Å². The third kappa shape index (κ3) is 3.46. The van der Waals surface area contributed by atoms with Crippen LogP contribution in [0.15, 0.2) is 12.1 Å². The monoisotopic (exact) mass is 303 g/mol. The van der Waals surface area contributed by atoms with E-state index in [0.29, 0.717) is 30.4 Å². The lowest BCUT2D eigenvalue weighted by atomic mass is 9.90. The van der Waals surface area contributed by atoms with Gasteiger partial charge in [-0.2, -0.15) is 0 Å². The van der Waals surface area contributed by atoms with Crippen molar-refractivity contribution in [3.05, 3.63) is 21.3 Å². The Kier molecular flexibility index (Phi) is 4.44. The summed E-state index contributed by atoms with van der Waals surface area (Å²) in [7, 11) is 0. The number of carboxylic acids is 1. The van der Waals surface area contributed by atoms with Gasteiger partial charge in [-0.05, 0) is 12.1 Å². The minimum Gasteiger partial charge on any atom is -0.480 e. The molecule has 0 aliphatic carbocycles. The van der Waals surface area contributed by atoms with E-state index in [-0.39, 0.29) is 12.3 Å². The van der Waals surface area contributed by atoms with Gasteiger partial charge in [-0.1, -0.05) is 11.6 Å². The van der Waals surface area contributed by atoms with E-state index in [0.717, 1.165) is 4.88 Å². The van der Waals surface area contributed by atoms with Gasteiger partial charge in [0, 0.05) is 30.9 Å². The fraction of sp³-hybridized carbons (Fsp3) is 0.500. The molecule has 1 fully saturated rings. The van der Waals surface area contributed by atoms with Crippen molar-refractivity contribution in [2.75, 3.05) is 13.2 Å². The van der Waals surface area contributed by atoms with Crippen LogP contribution in [0.3, 0.4) is 0 Å². The molecule has 1 saturated heterocycles. The first kappa shape index (κ1) is 14.3.